The zero-order chi connectivity index (χ0) is 14.2. The van der Waals surface area contributed by atoms with Crippen LogP contribution in [0.3, 0.4) is 0 Å². The summed E-state index contributed by atoms with van der Waals surface area (Å²) in [6, 6.07) is 13.5. The third kappa shape index (κ3) is 5.48. The van der Waals surface area contributed by atoms with Crippen LogP contribution >= 0.6 is 0 Å². The molecule has 4 nitrogen and oxygen atoms in total. The standard InChI is InChI=1S/C16H16N2O2.Zn/c19-15-7-3-1-5-13(15)11-17-9-10-18-12-14-6-2-4-8-16(14)20;/h1-8,11-12,19-20H,9-10H2;/q;+2/p-2. The van der Waals surface area contributed by atoms with Gasteiger partial charge in [0.05, 0.1) is 13.1 Å². The number of rotatable bonds is 5. The van der Waals surface area contributed by atoms with Crippen molar-refractivity contribution in [3.8, 4) is 11.5 Å². The van der Waals surface area contributed by atoms with E-state index in [1.165, 1.54) is 12.1 Å². The Morgan fingerprint density at radius 3 is 1.48 bits per heavy atom. The summed E-state index contributed by atoms with van der Waals surface area (Å²) in [6.45, 7) is 0.956. The molecule has 0 unspecified atom stereocenters. The van der Waals surface area contributed by atoms with Crippen molar-refractivity contribution in [2.75, 3.05) is 13.1 Å². The Labute approximate surface area is 136 Å². The van der Waals surface area contributed by atoms with Crippen molar-refractivity contribution in [2.24, 2.45) is 9.98 Å². The van der Waals surface area contributed by atoms with Gasteiger partial charge in [-0.3, -0.25) is 9.98 Å². The average molecular weight is 332 g/mol. The Morgan fingerprint density at radius 2 is 1.10 bits per heavy atom. The van der Waals surface area contributed by atoms with Crippen LogP contribution in [0.5, 0.6) is 11.5 Å². The molecule has 2 aromatic carbocycles. The number of hydrogen-bond donors (Lipinski definition) is 0. The van der Waals surface area contributed by atoms with E-state index < -0.39 is 0 Å². The first kappa shape index (κ1) is 17.1. The first-order chi connectivity index (χ1) is 9.77. The van der Waals surface area contributed by atoms with E-state index in [4.69, 9.17) is 0 Å². The molecule has 0 amide bonds. The van der Waals surface area contributed by atoms with Gasteiger partial charge >= 0.3 is 19.5 Å². The SMILES string of the molecule is [O-]c1ccccc1C=NCCN=Cc1ccccc1[O-].[Zn+2]. The van der Waals surface area contributed by atoms with Crippen LogP contribution in [-0.2, 0) is 19.5 Å². The van der Waals surface area contributed by atoms with Crippen molar-refractivity contribution < 1.29 is 29.7 Å². The van der Waals surface area contributed by atoms with E-state index in [0.29, 0.717) is 24.2 Å². The van der Waals surface area contributed by atoms with Crippen LogP contribution in [0.1, 0.15) is 11.1 Å². The summed E-state index contributed by atoms with van der Waals surface area (Å²) in [5.41, 5.74) is 1.14. The minimum Gasteiger partial charge on any atom is -0.872 e. The topological polar surface area (TPSA) is 70.8 Å². The number of aliphatic imine (C=N–C) groups is 2. The van der Waals surface area contributed by atoms with Crippen molar-refractivity contribution in [3.05, 3.63) is 59.7 Å². The maximum Gasteiger partial charge on any atom is 2.00 e. The van der Waals surface area contributed by atoms with Gasteiger partial charge in [0.1, 0.15) is 0 Å². The Morgan fingerprint density at radius 1 is 0.714 bits per heavy atom. The summed E-state index contributed by atoms with van der Waals surface area (Å²) < 4.78 is 0. The van der Waals surface area contributed by atoms with E-state index in [9.17, 15) is 10.2 Å². The van der Waals surface area contributed by atoms with Crippen molar-refractivity contribution in [1.82, 2.24) is 0 Å². The fourth-order valence-electron chi connectivity index (χ4n) is 1.62. The monoisotopic (exact) mass is 330 g/mol. The molecule has 0 saturated heterocycles. The van der Waals surface area contributed by atoms with Gasteiger partial charge in [-0.2, -0.15) is 0 Å². The molecule has 21 heavy (non-hydrogen) atoms. The molecule has 0 spiro atoms. The number of para-hydroxylation sites is 2. The third-order valence-electron chi connectivity index (χ3n) is 2.66. The van der Waals surface area contributed by atoms with E-state index in [1.807, 2.05) is 0 Å². The van der Waals surface area contributed by atoms with Gasteiger partial charge in [0, 0.05) is 12.4 Å². The minimum atomic E-state index is -0.0416. The predicted octanol–water partition coefficient (Wildman–Crippen LogP) is 1.37. The molecule has 5 heteroatoms. The van der Waals surface area contributed by atoms with Crippen molar-refractivity contribution >= 4 is 12.4 Å². The normalized spacial score (nSPS) is 10.9. The van der Waals surface area contributed by atoms with Crippen LogP contribution in [0.2, 0.25) is 0 Å². The maximum atomic E-state index is 11.4. The van der Waals surface area contributed by atoms with Crippen LogP contribution in [0.15, 0.2) is 58.5 Å². The first-order valence-corrected chi connectivity index (χ1v) is 6.29. The molecule has 0 radical (unpaired) electrons. The fourth-order valence-corrected chi connectivity index (χ4v) is 1.62. The van der Waals surface area contributed by atoms with Crippen molar-refractivity contribution in [2.45, 2.75) is 0 Å². The Hall–Kier alpha value is -2.00. The van der Waals surface area contributed by atoms with Crippen LogP contribution in [0.4, 0.5) is 0 Å². The molecule has 0 heterocycles. The van der Waals surface area contributed by atoms with Crippen molar-refractivity contribution in [3.63, 3.8) is 0 Å². The maximum absolute atomic E-state index is 11.4. The molecule has 102 valence electrons. The molecule has 0 bridgehead atoms. The molecule has 0 aromatic heterocycles. The summed E-state index contributed by atoms with van der Waals surface area (Å²) >= 11 is 0. The molecule has 0 N–H and O–H groups in total. The summed E-state index contributed by atoms with van der Waals surface area (Å²) in [7, 11) is 0. The molecule has 0 fully saturated rings. The molecule has 0 aliphatic rings. The van der Waals surface area contributed by atoms with E-state index in [0.717, 1.165) is 0 Å². The minimum absolute atomic E-state index is 0. The molecule has 0 aliphatic carbocycles. The van der Waals surface area contributed by atoms with Gasteiger partial charge in [-0.1, -0.05) is 48.5 Å². The van der Waals surface area contributed by atoms with Crippen LogP contribution in [-0.4, -0.2) is 25.5 Å². The van der Waals surface area contributed by atoms with Gasteiger partial charge in [-0.25, -0.2) is 0 Å². The number of nitrogens with zero attached hydrogens (tertiary/aromatic N) is 2. The average Bonchev–Trinajstić information content (AvgIpc) is 2.46. The predicted molar refractivity (Wildman–Crippen MR) is 76.7 cm³/mol. The van der Waals surface area contributed by atoms with Crippen molar-refractivity contribution in [1.29, 1.82) is 0 Å². The molecule has 0 atom stereocenters. The van der Waals surface area contributed by atoms with E-state index in [-0.39, 0.29) is 31.0 Å². The molecule has 0 saturated carbocycles. The van der Waals surface area contributed by atoms with Gasteiger partial charge in [0.2, 0.25) is 0 Å². The second-order valence-electron chi connectivity index (χ2n) is 4.15. The van der Waals surface area contributed by atoms with Gasteiger partial charge in [0.25, 0.3) is 0 Å². The van der Waals surface area contributed by atoms with Gasteiger partial charge < -0.3 is 10.2 Å². The summed E-state index contributed by atoms with van der Waals surface area (Å²) in [6.07, 6.45) is 3.11. The summed E-state index contributed by atoms with van der Waals surface area (Å²) in [5.74, 6) is -0.0833. The van der Waals surface area contributed by atoms with E-state index >= 15 is 0 Å². The van der Waals surface area contributed by atoms with Gasteiger partial charge in [0.15, 0.2) is 0 Å². The number of benzene rings is 2. The number of hydrogen-bond acceptors (Lipinski definition) is 4. The van der Waals surface area contributed by atoms with E-state index in [1.54, 1.807) is 48.8 Å². The molecule has 0 aliphatic heterocycles. The first-order valence-electron chi connectivity index (χ1n) is 6.29. The largest absolute Gasteiger partial charge is 2.00 e. The zero-order valence-corrected chi connectivity index (χ0v) is 14.6. The summed E-state index contributed by atoms with van der Waals surface area (Å²) in [4.78, 5) is 8.28. The molecule has 2 aromatic rings. The van der Waals surface area contributed by atoms with Gasteiger partial charge in [-0.05, 0) is 11.1 Å². The fraction of sp³-hybridized carbons (Fsp3) is 0.125. The molecular weight excluding hydrogens is 318 g/mol. The van der Waals surface area contributed by atoms with Gasteiger partial charge in [-0.15, -0.1) is 11.5 Å². The Kier molecular flexibility index (Phi) is 7.34. The molecule has 2 rings (SSSR count). The smallest absolute Gasteiger partial charge is 0.872 e. The van der Waals surface area contributed by atoms with Crippen LogP contribution in [0, 0.1) is 0 Å². The third-order valence-corrected chi connectivity index (χ3v) is 2.66. The summed E-state index contributed by atoms with van der Waals surface area (Å²) in [5, 5.41) is 22.8. The van der Waals surface area contributed by atoms with E-state index in [2.05, 4.69) is 9.98 Å². The van der Waals surface area contributed by atoms with Crippen LogP contribution in [0.25, 0.3) is 0 Å². The zero-order valence-electron chi connectivity index (χ0n) is 11.6. The molecular formula is C16H14N2O2Zn. The quantitative estimate of drug-likeness (QED) is 0.471. The van der Waals surface area contributed by atoms with Crippen LogP contribution < -0.4 is 10.2 Å². The second-order valence-corrected chi connectivity index (χ2v) is 4.15. The second kappa shape index (κ2) is 9.03. The Balaban J connectivity index is 0.00000220. The Bertz CT molecular complexity index is 572.